The quantitative estimate of drug-likeness (QED) is 0.641. The zero-order chi connectivity index (χ0) is 19.4. The third-order valence-electron chi connectivity index (χ3n) is 3.73. The highest BCUT2D eigenvalue weighted by molar-refractivity contribution is 5.79. The molecule has 0 atom stereocenters. The van der Waals surface area contributed by atoms with E-state index in [4.69, 9.17) is 4.42 Å². The number of hydrogen-bond donors (Lipinski definition) is 2. The molecule has 142 valence electrons. The highest BCUT2D eigenvalue weighted by Gasteiger charge is 2.33. The van der Waals surface area contributed by atoms with E-state index in [1.54, 1.807) is 24.3 Å². The summed E-state index contributed by atoms with van der Waals surface area (Å²) in [5, 5.41) is 5.07. The first-order valence-electron chi connectivity index (χ1n) is 7.97. The van der Waals surface area contributed by atoms with Crippen LogP contribution in [0.15, 0.2) is 51.8 Å². The fourth-order valence-electron chi connectivity index (χ4n) is 2.52. The summed E-state index contributed by atoms with van der Waals surface area (Å²) in [6.07, 6.45) is -3.28. The van der Waals surface area contributed by atoms with Gasteiger partial charge in [0.25, 0.3) is 0 Å². The van der Waals surface area contributed by atoms with Crippen LogP contribution in [0.2, 0.25) is 0 Å². The molecule has 2 aromatic heterocycles. The minimum absolute atomic E-state index is 0.0346. The molecule has 0 saturated carbocycles. The lowest BCUT2D eigenvalue weighted by molar-refractivity contribution is -0.137. The summed E-state index contributed by atoms with van der Waals surface area (Å²) < 4.78 is 44.8. The molecule has 0 aliphatic rings. The van der Waals surface area contributed by atoms with Gasteiger partial charge >= 0.3 is 11.9 Å². The maximum absolute atomic E-state index is 12.9. The molecule has 2 heterocycles. The number of para-hydroxylation sites is 2. The van der Waals surface area contributed by atoms with Crippen LogP contribution in [0.5, 0.6) is 0 Å². The van der Waals surface area contributed by atoms with Gasteiger partial charge in [-0.2, -0.15) is 13.2 Å². The highest BCUT2D eigenvalue weighted by Crippen LogP contribution is 2.33. The largest absolute Gasteiger partial charge is 0.420 e. The fraction of sp³-hybridized carbons (Fsp3) is 0.235. The van der Waals surface area contributed by atoms with E-state index >= 15 is 0 Å². The van der Waals surface area contributed by atoms with Crippen molar-refractivity contribution in [2.45, 2.75) is 12.7 Å². The van der Waals surface area contributed by atoms with Crippen LogP contribution in [-0.2, 0) is 17.5 Å². The number of hydrogen-bond acceptors (Lipinski definition) is 5. The molecule has 0 aliphatic carbocycles. The first kappa shape index (κ1) is 18.5. The molecule has 0 spiro atoms. The van der Waals surface area contributed by atoms with Gasteiger partial charge in [-0.05, 0) is 24.3 Å². The number of carbonyl (C=O) groups is 1. The summed E-state index contributed by atoms with van der Waals surface area (Å²) in [7, 11) is 0. The molecule has 7 nitrogen and oxygen atoms in total. The average Bonchev–Trinajstić information content (AvgIpc) is 2.94. The topological polar surface area (TPSA) is 89.2 Å². The van der Waals surface area contributed by atoms with Crippen molar-refractivity contribution in [3.05, 3.63) is 58.7 Å². The van der Waals surface area contributed by atoms with Gasteiger partial charge in [0.2, 0.25) is 5.91 Å². The Morgan fingerprint density at radius 3 is 2.70 bits per heavy atom. The number of halogens is 3. The molecule has 0 unspecified atom stereocenters. The zero-order valence-electron chi connectivity index (χ0n) is 13.9. The van der Waals surface area contributed by atoms with Crippen molar-refractivity contribution in [3.63, 3.8) is 0 Å². The molecule has 0 aliphatic heterocycles. The molecule has 10 heteroatoms. The van der Waals surface area contributed by atoms with Crippen molar-refractivity contribution >= 4 is 22.8 Å². The third kappa shape index (κ3) is 4.27. The van der Waals surface area contributed by atoms with Crippen molar-refractivity contribution in [2.24, 2.45) is 0 Å². The van der Waals surface area contributed by atoms with E-state index in [0.717, 1.165) is 6.07 Å². The van der Waals surface area contributed by atoms with Crippen LogP contribution in [-0.4, -0.2) is 28.5 Å². The number of fused-ring (bicyclic) bond motifs is 1. The van der Waals surface area contributed by atoms with E-state index < -0.39 is 23.4 Å². The Morgan fingerprint density at radius 2 is 1.93 bits per heavy atom. The van der Waals surface area contributed by atoms with E-state index in [2.05, 4.69) is 15.6 Å². The smallest absolute Gasteiger partial charge is 0.408 e. The Bertz CT molecular complexity index is 1010. The van der Waals surface area contributed by atoms with Gasteiger partial charge in [-0.15, -0.1) is 0 Å². The van der Waals surface area contributed by atoms with E-state index in [1.807, 2.05) is 0 Å². The van der Waals surface area contributed by atoms with Gasteiger partial charge in [0, 0.05) is 19.3 Å². The van der Waals surface area contributed by atoms with Gasteiger partial charge in [0.05, 0.1) is 11.1 Å². The Labute approximate surface area is 150 Å². The van der Waals surface area contributed by atoms with Gasteiger partial charge in [-0.25, -0.2) is 9.78 Å². The lowest BCUT2D eigenvalue weighted by Crippen LogP contribution is -2.34. The molecular weight excluding hydrogens is 365 g/mol. The molecule has 27 heavy (non-hydrogen) atoms. The van der Waals surface area contributed by atoms with Crippen LogP contribution in [0, 0.1) is 0 Å². The highest BCUT2D eigenvalue weighted by atomic mass is 19.4. The maximum Gasteiger partial charge on any atom is 0.420 e. The molecule has 0 saturated heterocycles. The number of rotatable bonds is 6. The molecule has 3 rings (SSSR count). The first-order chi connectivity index (χ1) is 12.9. The standard InChI is InChI=1S/C17H15F3N4O3/c18-17(19,20)11-4-3-7-22-15(11)23-9-8-21-14(25)10-24-12-5-1-2-6-13(12)27-16(24)26/h1-7H,8-10H2,(H,21,25)(H,22,23). The number of oxazole rings is 1. The van der Waals surface area contributed by atoms with Crippen LogP contribution < -0.4 is 16.4 Å². The average molecular weight is 380 g/mol. The van der Waals surface area contributed by atoms with Gasteiger partial charge < -0.3 is 15.1 Å². The van der Waals surface area contributed by atoms with E-state index in [0.29, 0.717) is 11.1 Å². The number of benzene rings is 1. The second kappa shape index (κ2) is 7.52. The van der Waals surface area contributed by atoms with Crippen molar-refractivity contribution in [1.82, 2.24) is 14.9 Å². The monoisotopic (exact) mass is 380 g/mol. The number of anilines is 1. The molecule has 1 amide bonds. The Hall–Kier alpha value is -3.30. The van der Waals surface area contributed by atoms with Crippen LogP contribution in [0.4, 0.5) is 19.0 Å². The normalized spacial score (nSPS) is 11.5. The van der Waals surface area contributed by atoms with Crippen molar-refractivity contribution < 1.29 is 22.4 Å². The molecule has 2 N–H and O–H groups in total. The predicted molar refractivity (Wildman–Crippen MR) is 91.2 cm³/mol. The van der Waals surface area contributed by atoms with Crippen molar-refractivity contribution in [2.75, 3.05) is 18.4 Å². The molecule has 0 bridgehead atoms. The second-order valence-corrected chi connectivity index (χ2v) is 5.60. The second-order valence-electron chi connectivity index (χ2n) is 5.60. The first-order valence-corrected chi connectivity index (χ1v) is 7.97. The van der Waals surface area contributed by atoms with E-state index in [9.17, 15) is 22.8 Å². The lowest BCUT2D eigenvalue weighted by Gasteiger charge is -2.13. The number of nitrogens with zero attached hydrogens (tertiary/aromatic N) is 2. The van der Waals surface area contributed by atoms with Crippen LogP contribution in [0.3, 0.4) is 0 Å². The molecule has 3 aromatic rings. The maximum atomic E-state index is 12.9. The summed E-state index contributed by atoms with van der Waals surface area (Å²) in [4.78, 5) is 27.5. The van der Waals surface area contributed by atoms with Gasteiger partial charge in [0.15, 0.2) is 5.58 Å². The third-order valence-corrected chi connectivity index (χ3v) is 3.73. The zero-order valence-corrected chi connectivity index (χ0v) is 13.9. The van der Waals surface area contributed by atoms with Crippen LogP contribution in [0.1, 0.15) is 5.56 Å². The molecule has 1 aromatic carbocycles. The van der Waals surface area contributed by atoms with Gasteiger partial charge in [-0.3, -0.25) is 9.36 Å². The number of aromatic nitrogens is 2. The summed E-state index contributed by atoms with van der Waals surface area (Å²) in [5.74, 6) is -1.44. The van der Waals surface area contributed by atoms with E-state index in [-0.39, 0.29) is 25.5 Å². The summed E-state index contributed by atoms with van der Waals surface area (Å²) in [6, 6.07) is 8.79. The van der Waals surface area contributed by atoms with Crippen LogP contribution >= 0.6 is 0 Å². The lowest BCUT2D eigenvalue weighted by atomic mass is 10.2. The number of nitrogens with one attached hydrogen (secondary N) is 2. The minimum Gasteiger partial charge on any atom is -0.408 e. The van der Waals surface area contributed by atoms with Gasteiger partial charge in [0.1, 0.15) is 12.4 Å². The number of amides is 1. The number of carbonyl (C=O) groups excluding carboxylic acids is 1. The molecule has 0 fully saturated rings. The van der Waals surface area contributed by atoms with Gasteiger partial charge in [-0.1, -0.05) is 12.1 Å². The minimum atomic E-state index is -4.52. The van der Waals surface area contributed by atoms with E-state index in [1.165, 1.54) is 16.8 Å². The summed E-state index contributed by atoms with van der Waals surface area (Å²) in [6.45, 7) is -0.169. The molecular formula is C17H15F3N4O3. The number of alkyl halides is 3. The summed E-state index contributed by atoms with van der Waals surface area (Å²) >= 11 is 0. The van der Waals surface area contributed by atoms with Crippen molar-refractivity contribution in [3.8, 4) is 0 Å². The molecule has 0 radical (unpaired) electrons. The Kier molecular flexibility index (Phi) is 5.15. The Morgan fingerprint density at radius 1 is 1.15 bits per heavy atom. The Balaban J connectivity index is 1.55. The fourth-order valence-corrected chi connectivity index (χ4v) is 2.52. The van der Waals surface area contributed by atoms with Crippen molar-refractivity contribution in [1.29, 1.82) is 0 Å². The predicted octanol–water partition coefficient (Wildman–Crippen LogP) is 2.24. The summed E-state index contributed by atoms with van der Waals surface area (Å²) in [5.41, 5.74) is -0.0291. The van der Waals surface area contributed by atoms with Crippen LogP contribution in [0.25, 0.3) is 11.1 Å². The number of pyridine rings is 1. The SMILES string of the molecule is O=C(Cn1c(=O)oc2ccccc21)NCCNc1ncccc1C(F)(F)F.